The molecule has 2 aromatic rings. The van der Waals surface area contributed by atoms with E-state index < -0.39 is 17.9 Å². The van der Waals surface area contributed by atoms with Crippen LogP contribution in [0.2, 0.25) is 0 Å². The lowest BCUT2D eigenvalue weighted by Gasteiger charge is -2.34. The molecule has 2 aliphatic heterocycles. The molecule has 2 aliphatic rings. The van der Waals surface area contributed by atoms with Crippen molar-refractivity contribution in [2.75, 3.05) is 18.0 Å². The van der Waals surface area contributed by atoms with E-state index >= 15 is 0 Å². The summed E-state index contributed by atoms with van der Waals surface area (Å²) in [6, 6.07) is 7.42. The summed E-state index contributed by atoms with van der Waals surface area (Å²) in [5.41, 5.74) is 0.689. The van der Waals surface area contributed by atoms with Gasteiger partial charge in [-0.1, -0.05) is 12.1 Å². The third kappa shape index (κ3) is 3.21. The summed E-state index contributed by atoms with van der Waals surface area (Å²) >= 11 is 0. The van der Waals surface area contributed by atoms with Crippen LogP contribution in [-0.4, -0.2) is 57.8 Å². The third-order valence-electron chi connectivity index (χ3n) is 5.19. The summed E-state index contributed by atoms with van der Waals surface area (Å²) < 4.78 is 0. The van der Waals surface area contributed by atoms with E-state index in [1.165, 1.54) is 0 Å². The molecular formula is C20H21N5O3. The number of benzene rings is 1. The number of amides is 3. The monoisotopic (exact) mass is 379 g/mol. The van der Waals surface area contributed by atoms with Gasteiger partial charge in [-0.3, -0.25) is 19.3 Å². The maximum atomic E-state index is 12.8. The summed E-state index contributed by atoms with van der Waals surface area (Å²) in [6.45, 7) is 2.99. The van der Waals surface area contributed by atoms with Crippen LogP contribution < -0.4 is 10.2 Å². The summed E-state index contributed by atoms with van der Waals surface area (Å²) in [6.07, 6.45) is 5.10. The molecular weight excluding hydrogens is 358 g/mol. The second kappa shape index (κ2) is 7.38. The summed E-state index contributed by atoms with van der Waals surface area (Å²) in [4.78, 5) is 49.5. The van der Waals surface area contributed by atoms with Crippen LogP contribution in [0.15, 0.2) is 42.7 Å². The second-order valence-corrected chi connectivity index (χ2v) is 7.04. The zero-order chi connectivity index (χ0) is 19.7. The van der Waals surface area contributed by atoms with Crippen LogP contribution in [0.3, 0.4) is 0 Å². The predicted molar refractivity (Wildman–Crippen MR) is 102 cm³/mol. The average Bonchev–Trinajstić information content (AvgIpc) is 2.99. The number of aromatic nitrogens is 2. The highest BCUT2D eigenvalue weighted by Crippen LogP contribution is 2.24. The molecule has 0 aliphatic carbocycles. The van der Waals surface area contributed by atoms with Crippen molar-refractivity contribution in [2.24, 2.45) is 0 Å². The molecule has 0 bridgehead atoms. The van der Waals surface area contributed by atoms with Crippen LogP contribution in [0, 0.1) is 0 Å². The number of hydrogen-bond acceptors (Lipinski definition) is 6. The number of piperidine rings is 1. The zero-order valence-electron chi connectivity index (χ0n) is 15.5. The lowest BCUT2D eigenvalue weighted by atomic mass is 10.1. The number of carbonyl (C=O) groups excluding carboxylic acids is 3. The van der Waals surface area contributed by atoms with Crippen LogP contribution in [0.4, 0.5) is 5.95 Å². The molecule has 1 saturated heterocycles. The summed E-state index contributed by atoms with van der Waals surface area (Å²) in [5.74, 6) is -0.553. The van der Waals surface area contributed by atoms with E-state index in [0.717, 1.165) is 24.3 Å². The highest BCUT2D eigenvalue weighted by atomic mass is 16.2. The van der Waals surface area contributed by atoms with Crippen molar-refractivity contribution in [3.8, 4) is 0 Å². The van der Waals surface area contributed by atoms with Crippen LogP contribution >= 0.6 is 0 Å². The highest BCUT2D eigenvalue weighted by molar-refractivity contribution is 6.22. The van der Waals surface area contributed by atoms with Crippen molar-refractivity contribution < 1.29 is 14.4 Å². The minimum Gasteiger partial charge on any atom is -0.350 e. The maximum Gasteiger partial charge on any atom is 0.262 e. The SMILES string of the molecule is CC(C(=O)NC1CCCN(c2ncccn2)C1)N1C(=O)c2ccccc2C1=O. The van der Waals surface area contributed by atoms with Gasteiger partial charge in [-0.2, -0.15) is 0 Å². The van der Waals surface area contributed by atoms with Crippen molar-refractivity contribution in [1.82, 2.24) is 20.2 Å². The number of fused-ring (bicyclic) bond motifs is 1. The van der Waals surface area contributed by atoms with E-state index in [1.807, 2.05) is 4.90 Å². The fraction of sp³-hybridized carbons (Fsp3) is 0.350. The average molecular weight is 379 g/mol. The number of carbonyl (C=O) groups is 3. The van der Waals surface area contributed by atoms with Crippen LogP contribution in [-0.2, 0) is 4.79 Å². The largest absolute Gasteiger partial charge is 0.350 e. The number of anilines is 1. The first-order chi connectivity index (χ1) is 13.6. The lowest BCUT2D eigenvalue weighted by molar-refractivity contribution is -0.125. The molecule has 1 N–H and O–H groups in total. The van der Waals surface area contributed by atoms with E-state index in [0.29, 0.717) is 23.6 Å². The van der Waals surface area contributed by atoms with E-state index in [2.05, 4.69) is 15.3 Å². The van der Waals surface area contributed by atoms with Crippen LogP contribution in [0.25, 0.3) is 0 Å². The van der Waals surface area contributed by atoms with Crippen molar-refractivity contribution in [3.63, 3.8) is 0 Å². The van der Waals surface area contributed by atoms with Gasteiger partial charge < -0.3 is 10.2 Å². The van der Waals surface area contributed by atoms with E-state index in [9.17, 15) is 14.4 Å². The first-order valence-electron chi connectivity index (χ1n) is 9.35. The quantitative estimate of drug-likeness (QED) is 0.804. The molecule has 2 unspecified atom stereocenters. The van der Waals surface area contributed by atoms with Crippen molar-refractivity contribution in [3.05, 3.63) is 53.9 Å². The minimum atomic E-state index is -0.879. The molecule has 0 saturated carbocycles. The van der Waals surface area contributed by atoms with Gasteiger partial charge in [0.05, 0.1) is 11.1 Å². The zero-order valence-corrected chi connectivity index (χ0v) is 15.5. The Morgan fingerprint density at radius 2 is 1.75 bits per heavy atom. The topological polar surface area (TPSA) is 95.5 Å². The van der Waals surface area contributed by atoms with Gasteiger partial charge >= 0.3 is 0 Å². The normalized spacial score (nSPS) is 20.1. The number of rotatable bonds is 4. The lowest BCUT2D eigenvalue weighted by Crippen LogP contribution is -2.54. The third-order valence-corrected chi connectivity index (χ3v) is 5.19. The minimum absolute atomic E-state index is 0.0947. The number of nitrogens with one attached hydrogen (secondary N) is 1. The number of nitrogens with zero attached hydrogens (tertiary/aromatic N) is 4. The summed E-state index contributed by atoms with van der Waals surface area (Å²) in [7, 11) is 0. The fourth-order valence-corrected chi connectivity index (χ4v) is 3.73. The van der Waals surface area contributed by atoms with Crippen LogP contribution in [0.5, 0.6) is 0 Å². The molecule has 28 heavy (non-hydrogen) atoms. The standard InChI is InChI=1S/C20H21N5O3/c1-13(25-18(27)15-7-2-3-8-16(15)19(25)28)17(26)23-14-6-4-11-24(12-14)20-21-9-5-10-22-20/h2-3,5,7-10,13-14H,4,6,11-12H2,1H3,(H,23,26). The van der Waals surface area contributed by atoms with E-state index in [4.69, 9.17) is 0 Å². The van der Waals surface area contributed by atoms with Gasteiger partial charge in [-0.15, -0.1) is 0 Å². The number of hydrogen-bond donors (Lipinski definition) is 1. The molecule has 2 atom stereocenters. The smallest absolute Gasteiger partial charge is 0.262 e. The number of imide groups is 1. The molecule has 1 aromatic heterocycles. The molecule has 0 radical (unpaired) electrons. The molecule has 4 rings (SSSR count). The molecule has 3 amide bonds. The first kappa shape index (κ1) is 18.1. The first-order valence-corrected chi connectivity index (χ1v) is 9.35. The van der Waals surface area contributed by atoms with E-state index in [-0.39, 0.29) is 11.9 Å². The Kier molecular flexibility index (Phi) is 4.77. The Hall–Kier alpha value is -3.29. The molecule has 8 heteroatoms. The fourth-order valence-electron chi connectivity index (χ4n) is 3.73. The van der Waals surface area contributed by atoms with Crippen molar-refractivity contribution in [2.45, 2.75) is 31.8 Å². The molecule has 1 aromatic carbocycles. The molecule has 3 heterocycles. The molecule has 8 nitrogen and oxygen atoms in total. The highest BCUT2D eigenvalue weighted by Gasteiger charge is 2.41. The van der Waals surface area contributed by atoms with Gasteiger partial charge in [0.25, 0.3) is 11.8 Å². The van der Waals surface area contributed by atoms with Gasteiger partial charge in [0.15, 0.2) is 0 Å². The van der Waals surface area contributed by atoms with Gasteiger partial charge in [0.1, 0.15) is 6.04 Å². The molecule has 1 fully saturated rings. The second-order valence-electron chi connectivity index (χ2n) is 7.04. The maximum absolute atomic E-state index is 12.8. The van der Waals surface area contributed by atoms with Crippen molar-refractivity contribution >= 4 is 23.7 Å². The molecule has 144 valence electrons. The Balaban J connectivity index is 1.42. The van der Waals surface area contributed by atoms with Crippen LogP contribution in [0.1, 0.15) is 40.5 Å². The Morgan fingerprint density at radius 3 is 2.39 bits per heavy atom. The predicted octanol–water partition coefficient (Wildman–Crippen LogP) is 1.25. The Morgan fingerprint density at radius 1 is 1.11 bits per heavy atom. The Labute approximate surface area is 162 Å². The molecule has 0 spiro atoms. The van der Waals surface area contributed by atoms with Gasteiger partial charge in [0, 0.05) is 31.5 Å². The van der Waals surface area contributed by atoms with Gasteiger partial charge in [-0.05, 0) is 38.0 Å². The van der Waals surface area contributed by atoms with Crippen molar-refractivity contribution in [1.29, 1.82) is 0 Å². The van der Waals surface area contributed by atoms with Gasteiger partial charge in [-0.25, -0.2) is 9.97 Å². The van der Waals surface area contributed by atoms with Gasteiger partial charge in [0.2, 0.25) is 11.9 Å². The van der Waals surface area contributed by atoms with E-state index in [1.54, 1.807) is 49.6 Å². The Bertz CT molecular complexity index is 882. The summed E-state index contributed by atoms with van der Waals surface area (Å²) in [5, 5.41) is 2.98.